The molecule has 1 aliphatic rings. The van der Waals surface area contributed by atoms with Crippen molar-refractivity contribution in [2.45, 2.75) is 77.7 Å². The first kappa shape index (κ1) is 23.2. The van der Waals surface area contributed by atoms with Crippen LogP contribution in [0.4, 0.5) is 13.2 Å². The summed E-state index contributed by atoms with van der Waals surface area (Å²) in [6.45, 7) is 7.47. The van der Waals surface area contributed by atoms with E-state index in [9.17, 15) is 13.2 Å². The smallest absolute Gasteiger partial charge is 0.426 e. The van der Waals surface area contributed by atoms with Crippen LogP contribution in [0, 0.1) is 0 Å². The van der Waals surface area contributed by atoms with Crippen molar-refractivity contribution in [3.05, 3.63) is 29.6 Å². The summed E-state index contributed by atoms with van der Waals surface area (Å²) in [7, 11) is 1.45. The molecule has 0 saturated heterocycles. The minimum atomic E-state index is -4.58. The van der Waals surface area contributed by atoms with Gasteiger partial charge in [-0.15, -0.1) is 0 Å². The first-order valence-electron chi connectivity index (χ1n) is 10.7. The fraction of sp³-hybridized carbons (Fsp3) is 0.565. The van der Waals surface area contributed by atoms with Gasteiger partial charge in [-0.25, -0.2) is 9.97 Å². The maximum atomic E-state index is 13.9. The number of halogens is 3. The van der Waals surface area contributed by atoms with E-state index < -0.39 is 18.2 Å². The normalized spacial score (nSPS) is 19.0. The summed E-state index contributed by atoms with van der Waals surface area (Å²) in [5.74, 6) is -0.272. The first-order chi connectivity index (χ1) is 14.7. The molecule has 0 bridgehead atoms. The molecule has 2 heterocycles. The topological polar surface area (TPSA) is 53.5 Å². The average molecular weight is 438 g/mol. The number of fused-ring (bicyclic) bond motifs is 3. The van der Waals surface area contributed by atoms with Crippen molar-refractivity contribution >= 4 is 0 Å². The van der Waals surface area contributed by atoms with Gasteiger partial charge < -0.3 is 14.2 Å². The first-order valence-corrected chi connectivity index (χ1v) is 10.7. The average Bonchev–Trinajstić information content (AvgIpc) is 2.86. The van der Waals surface area contributed by atoms with Crippen LogP contribution in [0.25, 0.3) is 11.3 Å². The quantitative estimate of drug-likeness (QED) is 0.523. The third-order valence-electron chi connectivity index (χ3n) is 5.54. The molecule has 0 spiro atoms. The molecule has 8 heteroatoms. The highest BCUT2D eigenvalue weighted by Crippen LogP contribution is 2.46. The van der Waals surface area contributed by atoms with Gasteiger partial charge in [0.15, 0.2) is 0 Å². The minimum Gasteiger partial charge on any atom is -0.497 e. The lowest BCUT2D eigenvalue weighted by Gasteiger charge is -2.26. The number of nitrogens with zero attached hydrogens (tertiary/aromatic N) is 2. The molecule has 1 aromatic heterocycles. The molecule has 0 amide bonds. The Bertz CT molecular complexity index is 918. The van der Waals surface area contributed by atoms with Gasteiger partial charge in [0.25, 0.3) is 0 Å². The number of aryl methyl sites for hydroxylation is 1. The van der Waals surface area contributed by atoms with E-state index in [-0.39, 0.29) is 17.5 Å². The van der Waals surface area contributed by atoms with Crippen molar-refractivity contribution < 1.29 is 27.4 Å². The van der Waals surface area contributed by atoms with E-state index in [0.29, 0.717) is 35.0 Å². The Morgan fingerprint density at radius 3 is 2.48 bits per heavy atom. The second-order valence-corrected chi connectivity index (χ2v) is 7.73. The predicted octanol–water partition coefficient (Wildman–Crippen LogP) is 6.10. The zero-order valence-corrected chi connectivity index (χ0v) is 18.5. The second-order valence-electron chi connectivity index (χ2n) is 7.73. The molecular weight excluding hydrogens is 409 g/mol. The van der Waals surface area contributed by atoms with Crippen LogP contribution in [0.3, 0.4) is 0 Å². The molecule has 0 aliphatic carbocycles. The Morgan fingerprint density at radius 2 is 1.90 bits per heavy atom. The molecule has 0 radical (unpaired) electrons. The van der Waals surface area contributed by atoms with Crippen LogP contribution in [-0.2, 0) is 6.42 Å². The fourth-order valence-corrected chi connectivity index (χ4v) is 3.79. The summed E-state index contributed by atoms with van der Waals surface area (Å²) >= 11 is 0. The molecule has 3 unspecified atom stereocenters. The molecular formula is C23H29F3N2O3. The van der Waals surface area contributed by atoms with Crippen LogP contribution in [0.5, 0.6) is 17.4 Å². The highest BCUT2D eigenvalue weighted by atomic mass is 19.4. The van der Waals surface area contributed by atoms with Gasteiger partial charge in [-0.05, 0) is 31.4 Å². The standard InChI is InChI=1S/C23H29F3N2O3/c1-6-9-14(7-2)30-22-17(8-3)27-20-16-11-10-15(29-5)12-18(16)31-21(23(24,25)26)13(4)19(20)28-22/h10-14,21H,6-9H2,1-5H3. The Balaban J connectivity index is 2.20. The van der Waals surface area contributed by atoms with Crippen LogP contribution < -0.4 is 14.2 Å². The van der Waals surface area contributed by atoms with Gasteiger partial charge in [0.05, 0.1) is 18.5 Å². The molecule has 0 fully saturated rings. The summed E-state index contributed by atoms with van der Waals surface area (Å²) in [6, 6.07) is 4.80. The Kier molecular flexibility index (Phi) is 6.96. The Morgan fingerprint density at radius 1 is 1.16 bits per heavy atom. The van der Waals surface area contributed by atoms with Crippen LogP contribution >= 0.6 is 0 Å². The summed E-state index contributed by atoms with van der Waals surface area (Å²) in [5, 5.41) is 0. The van der Waals surface area contributed by atoms with Crippen LogP contribution in [0.2, 0.25) is 0 Å². The van der Waals surface area contributed by atoms with Crippen molar-refractivity contribution in [2.24, 2.45) is 0 Å². The zero-order chi connectivity index (χ0) is 22.8. The lowest BCUT2D eigenvalue weighted by atomic mass is 9.96. The van der Waals surface area contributed by atoms with E-state index in [4.69, 9.17) is 19.2 Å². The highest BCUT2D eigenvalue weighted by molar-refractivity contribution is 5.72. The number of methoxy groups -OCH3 is 1. The lowest BCUT2D eigenvalue weighted by Crippen LogP contribution is -2.38. The maximum Gasteiger partial charge on any atom is 0.426 e. The lowest BCUT2D eigenvalue weighted by molar-refractivity contribution is -0.200. The number of hydrogen-bond acceptors (Lipinski definition) is 5. The van der Waals surface area contributed by atoms with Crippen molar-refractivity contribution in [3.63, 3.8) is 0 Å². The molecule has 170 valence electrons. The van der Waals surface area contributed by atoms with Crippen molar-refractivity contribution in [3.8, 4) is 28.6 Å². The van der Waals surface area contributed by atoms with Gasteiger partial charge in [0.2, 0.25) is 12.0 Å². The molecule has 5 nitrogen and oxygen atoms in total. The summed E-state index contributed by atoms with van der Waals surface area (Å²) in [5.41, 5.74) is 1.70. The molecule has 1 aromatic carbocycles. The van der Waals surface area contributed by atoms with Gasteiger partial charge in [-0.2, -0.15) is 13.2 Å². The molecule has 0 N–H and O–H groups in total. The Hall–Kier alpha value is -2.51. The third kappa shape index (κ3) is 4.72. The van der Waals surface area contributed by atoms with E-state index in [1.165, 1.54) is 20.1 Å². The maximum absolute atomic E-state index is 13.9. The highest BCUT2D eigenvalue weighted by Gasteiger charge is 2.49. The van der Waals surface area contributed by atoms with Gasteiger partial charge >= 0.3 is 6.18 Å². The summed E-state index contributed by atoms with van der Waals surface area (Å²) < 4.78 is 58.5. The summed E-state index contributed by atoms with van der Waals surface area (Å²) in [6.07, 6.45) is -3.61. The molecule has 31 heavy (non-hydrogen) atoms. The minimum absolute atomic E-state index is 0.0602. The monoisotopic (exact) mass is 438 g/mol. The number of hydrogen-bond donors (Lipinski definition) is 0. The van der Waals surface area contributed by atoms with E-state index in [1.54, 1.807) is 12.1 Å². The number of ether oxygens (including phenoxy) is 3. The van der Waals surface area contributed by atoms with E-state index in [0.717, 1.165) is 19.3 Å². The molecule has 1 aliphatic heterocycles. The van der Waals surface area contributed by atoms with Gasteiger partial charge in [0.1, 0.15) is 23.3 Å². The van der Waals surface area contributed by atoms with Crippen LogP contribution in [-0.4, -0.2) is 35.5 Å². The molecule has 0 saturated carbocycles. The van der Waals surface area contributed by atoms with E-state index >= 15 is 0 Å². The van der Waals surface area contributed by atoms with Crippen molar-refractivity contribution in [1.29, 1.82) is 0 Å². The van der Waals surface area contributed by atoms with Crippen molar-refractivity contribution in [2.75, 3.05) is 7.11 Å². The fourth-order valence-electron chi connectivity index (χ4n) is 3.79. The van der Waals surface area contributed by atoms with Crippen LogP contribution in [0.15, 0.2) is 18.2 Å². The number of aromatic nitrogens is 2. The van der Waals surface area contributed by atoms with E-state index in [2.05, 4.69) is 11.9 Å². The largest absolute Gasteiger partial charge is 0.497 e. The summed E-state index contributed by atoms with van der Waals surface area (Å²) in [4.78, 5) is 9.33. The van der Waals surface area contributed by atoms with Gasteiger partial charge in [-0.1, -0.05) is 34.1 Å². The number of alkyl halides is 3. The molecule has 2 aromatic rings. The zero-order valence-electron chi connectivity index (χ0n) is 18.5. The molecule has 3 rings (SSSR count). The SMILES string of the molecule is CCCC(CC)Oc1nc2c(nc1CC)-c1ccc(OC)cc1OC(C(F)(F)F)C2C. The Labute approximate surface area is 181 Å². The second kappa shape index (κ2) is 9.32. The van der Waals surface area contributed by atoms with Gasteiger partial charge in [-0.3, -0.25) is 0 Å². The van der Waals surface area contributed by atoms with E-state index in [1.807, 2.05) is 13.8 Å². The van der Waals surface area contributed by atoms with Crippen LogP contribution in [0.1, 0.15) is 64.3 Å². The number of rotatable bonds is 7. The predicted molar refractivity (Wildman–Crippen MR) is 112 cm³/mol. The third-order valence-corrected chi connectivity index (χ3v) is 5.54. The van der Waals surface area contributed by atoms with Gasteiger partial charge in [0, 0.05) is 17.5 Å². The molecule has 3 atom stereocenters. The van der Waals surface area contributed by atoms with Crippen molar-refractivity contribution in [1.82, 2.24) is 9.97 Å². The number of benzene rings is 1.